The third-order valence-corrected chi connectivity index (χ3v) is 4.73. The van der Waals surface area contributed by atoms with E-state index in [-0.39, 0.29) is 4.70 Å². The molecule has 148 valence electrons. The van der Waals surface area contributed by atoms with Crippen LogP contribution in [0.25, 0.3) is 0 Å². The second-order valence-corrected chi connectivity index (χ2v) is 6.90. The summed E-state index contributed by atoms with van der Waals surface area (Å²) >= 11 is 0. The molecule has 0 aromatic carbocycles. The van der Waals surface area contributed by atoms with Crippen molar-refractivity contribution in [3.8, 4) is 0 Å². The quantitative estimate of drug-likeness (QED) is 0.440. The van der Waals surface area contributed by atoms with E-state index in [1.807, 2.05) is 13.8 Å². The summed E-state index contributed by atoms with van der Waals surface area (Å²) in [5.41, 5.74) is 0. The van der Waals surface area contributed by atoms with E-state index in [0.717, 1.165) is 0 Å². The molecule has 0 spiro atoms. The van der Waals surface area contributed by atoms with Crippen LogP contribution in [0.2, 0.25) is 0 Å². The molecule has 0 aromatic heterocycles. The average molecular weight is 348 g/mol. The van der Waals surface area contributed by atoms with Crippen molar-refractivity contribution in [3.05, 3.63) is 0 Å². The summed E-state index contributed by atoms with van der Waals surface area (Å²) in [5.74, 6) is 0.343. The second kappa shape index (κ2) is 20.6. The van der Waals surface area contributed by atoms with Crippen LogP contribution in [-0.2, 0) is 4.79 Å². The number of quaternary nitrogens is 1. The Labute approximate surface area is 152 Å². The molecule has 0 atom stereocenters. The molecule has 0 fully saturated rings. The molecule has 0 rings (SSSR count). The van der Waals surface area contributed by atoms with Crippen LogP contribution in [-0.4, -0.2) is 36.4 Å². The van der Waals surface area contributed by atoms with E-state index < -0.39 is 0 Å². The number of nitrogens with zero attached hydrogens (tertiary/aromatic N) is 1. The zero-order valence-corrected chi connectivity index (χ0v) is 17.6. The van der Waals surface area contributed by atoms with Crippen LogP contribution in [0.4, 0.5) is 0 Å². The standard InChI is InChI=1S/C16H36N.C5H10O.FH/c1-5-9-13-17(14-10-6-2,15-11-7-3)16-12-8-4;1-3-5(6)4-2;/h5-16H2,1-4H3;3-4H2,1-2H3;1H/q+1;;/p-1. The van der Waals surface area contributed by atoms with E-state index in [1.54, 1.807) is 0 Å². The minimum Gasteiger partial charge on any atom is -1.00 e. The van der Waals surface area contributed by atoms with Crippen LogP contribution in [0.3, 0.4) is 0 Å². The predicted molar refractivity (Wildman–Crippen MR) is 105 cm³/mol. The Kier molecular flexibility index (Phi) is 24.4. The number of hydrogen-bond acceptors (Lipinski definition) is 1. The summed E-state index contributed by atoms with van der Waals surface area (Å²) in [5, 5.41) is 0. The van der Waals surface area contributed by atoms with E-state index in [1.165, 1.54) is 82.0 Å². The van der Waals surface area contributed by atoms with Crippen LogP contribution < -0.4 is 4.70 Å². The first-order valence-corrected chi connectivity index (χ1v) is 10.4. The number of unbranched alkanes of at least 4 members (excludes halogenated alkanes) is 4. The van der Waals surface area contributed by atoms with Crippen molar-refractivity contribution < 1.29 is 14.0 Å². The first-order valence-electron chi connectivity index (χ1n) is 10.4. The highest BCUT2D eigenvalue weighted by Crippen LogP contribution is 2.16. The highest BCUT2D eigenvalue weighted by Gasteiger charge is 2.24. The number of halogens is 1. The minimum atomic E-state index is 0. The normalized spacial score (nSPS) is 10.6. The Morgan fingerprint density at radius 1 is 0.583 bits per heavy atom. The van der Waals surface area contributed by atoms with Gasteiger partial charge in [0, 0.05) is 12.8 Å². The van der Waals surface area contributed by atoms with Crippen molar-refractivity contribution in [1.29, 1.82) is 0 Å². The molecule has 0 aliphatic rings. The molecule has 0 N–H and O–H groups in total. The van der Waals surface area contributed by atoms with Gasteiger partial charge < -0.3 is 9.19 Å². The van der Waals surface area contributed by atoms with Crippen LogP contribution in [0, 0.1) is 0 Å². The maximum atomic E-state index is 10.2. The minimum absolute atomic E-state index is 0. The lowest BCUT2D eigenvalue weighted by atomic mass is 10.1. The summed E-state index contributed by atoms with van der Waals surface area (Å²) < 4.78 is 1.42. The smallest absolute Gasteiger partial charge is 0.132 e. The van der Waals surface area contributed by atoms with Crippen LogP contribution in [0.1, 0.15) is 106 Å². The number of carbonyl (C=O) groups excluding carboxylic acids is 1. The summed E-state index contributed by atoms with van der Waals surface area (Å²) in [4.78, 5) is 10.2. The lowest BCUT2D eigenvalue weighted by Gasteiger charge is -2.39. The SMILES string of the molecule is CCC(=O)CC.CCCC[N+](CCCC)(CCCC)CCCC.[F-]. The van der Waals surface area contributed by atoms with Gasteiger partial charge in [-0.3, -0.25) is 4.79 Å². The molecule has 0 heterocycles. The fourth-order valence-electron chi connectivity index (χ4n) is 2.89. The highest BCUT2D eigenvalue weighted by molar-refractivity contribution is 5.77. The molecule has 0 aliphatic heterocycles. The lowest BCUT2D eigenvalue weighted by molar-refractivity contribution is -0.929. The zero-order chi connectivity index (χ0) is 18.0. The van der Waals surface area contributed by atoms with Crippen molar-refractivity contribution in [1.82, 2.24) is 0 Å². The molecular formula is C21H46FNO. The average Bonchev–Trinajstić information content (AvgIpc) is 2.60. The third-order valence-electron chi connectivity index (χ3n) is 4.73. The van der Waals surface area contributed by atoms with Crippen molar-refractivity contribution in [2.45, 2.75) is 106 Å². The number of carbonyl (C=O) groups is 1. The molecular weight excluding hydrogens is 301 g/mol. The first-order chi connectivity index (χ1) is 11.1. The number of hydrogen-bond donors (Lipinski definition) is 0. The summed E-state index contributed by atoms with van der Waals surface area (Å²) in [6, 6.07) is 0. The monoisotopic (exact) mass is 347 g/mol. The van der Waals surface area contributed by atoms with Gasteiger partial charge in [-0.05, 0) is 25.7 Å². The van der Waals surface area contributed by atoms with Gasteiger partial charge in [0.1, 0.15) is 5.78 Å². The van der Waals surface area contributed by atoms with E-state index in [2.05, 4.69) is 27.7 Å². The third kappa shape index (κ3) is 16.4. The lowest BCUT2D eigenvalue weighted by Crippen LogP contribution is -3.00. The van der Waals surface area contributed by atoms with Gasteiger partial charge in [0.25, 0.3) is 0 Å². The molecule has 3 heteroatoms. The van der Waals surface area contributed by atoms with Crippen LogP contribution in [0.15, 0.2) is 0 Å². The molecule has 2 nitrogen and oxygen atoms in total. The van der Waals surface area contributed by atoms with Crippen molar-refractivity contribution in [2.24, 2.45) is 0 Å². The molecule has 0 saturated heterocycles. The van der Waals surface area contributed by atoms with Crippen LogP contribution in [0.5, 0.6) is 0 Å². The van der Waals surface area contributed by atoms with Gasteiger partial charge >= 0.3 is 0 Å². The van der Waals surface area contributed by atoms with Crippen molar-refractivity contribution >= 4 is 5.78 Å². The fourth-order valence-corrected chi connectivity index (χ4v) is 2.89. The summed E-state index contributed by atoms with van der Waals surface area (Å²) in [6.07, 6.45) is 12.4. The molecule has 24 heavy (non-hydrogen) atoms. The maximum absolute atomic E-state index is 10.2. The van der Waals surface area contributed by atoms with Crippen LogP contribution >= 0.6 is 0 Å². The van der Waals surface area contributed by atoms with Crippen molar-refractivity contribution in [3.63, 3.8) is 0 Å². The number of rotatable bonds is 14. The number of Topliss-reactive ketones (excluding diaryl/α,β-unsaturated/α-hetero) is 1. The Bertz CT molecular complexity index is 213. The second-order valence-electron chi connectivity index (χ2n) is 6.90. The highest BCUT2D eigenvalue weighted by atomic mass is 19.0. The van der Waals surface area contributed by atoms with E-state index >= 15 is 0 Å². The maximum Gasteiger partial charge on any atom is 0.132 e. The molecule has 0 amide bonds. The van der Waals surface area contributed by atoms with Gasteiger partial charge in [0.05, 0.1) is 26.2 Å². The topological polar surface area (TPSA) is 17.1 Å². The van der Waals surface area contributed by atoms with E-state index in [4.69, 9.17) is 0 Å². The molecule has 0 radical (unpaired) electrons. The number of ketones is 1. The van der Waals surface area contributed by atoms with Gasteiger partial charge in [0.15, 0.2) is 0 Å². The van der Waals surface area contributed by atoms with Gasteiger partial charge in [-0.1, -0.05) is 67.2 Å². The Morgan fingerprint density at radius 3 is 0.958 bits per heavy atom. The molecule has 0 bridgehead atoms. The fraction of sp³-hybridized carbons (Fsp3) is 0.952. The first kappa shape index (κ1) is 28.4. The Morgan fingerprint density at radius 2 is 0.833 bits per heavy atom. The van der Waals surface area contributed by atoms with Gasteiger partial charge in [-0.15, -0.1) is 0 Å². The Hall–Kier alpha value is -0.440. The molecule has 0 unspecified atom stereocenters. The largest absolute Gasteiger partial charge is 1.00 e. The summed E-state index contributed by atoms with van der Waals surface area (Å²) in [6.45, 7) is 18.8. The van der Waals surface area contributed by atoms with E-state index in [0.29, 0.717) is 18.6 Å². The molecule has 0 aromatic rings. The zero-order valence-electron chi connectivity index (χ0n) is 17.6. The predicted octanol–water partition coefficient (Wildman–Crippen LogP) is 3.38. The van der Waals surface area contributed by atoms with Gasteiger partial charge in [-0.25, -0.2) is 0 Å². The van der Waals surface area contributed by atoms with E-state index in [9.17, 15) is 4.79 Å². The summed E-state index contributed by atoms with van der Waals surface area (Å²) in [7, 11) is 0. The van der Waals surface area contributed by atoms with Gasteiger partial charge in [-0.2, -0.15) is 0 Å². The molecule has 0 saturated carbocycles. The van der Waals surface area contributed by atoms with Crippen molar-refractivity contribution in [2.75, 3.05) is 26.2 Å². The molecule has 0 aliphatic carbocycles. The Balaban J connectivity index is -0.000000538. The van der Waals surface area contributed by atoms with Gasteiger partial charge in [0.2, 0.25) is 0 Å².